The first-order valence-corrected chi connectivity index (χ1v) is 6.54. The van der Waals surface area contributed by atoms with Gasteiger partial charge in [-0.05, 0) is 5.56 Å². The molecule has 0 aliphatic carbocycles. The number of nitrogens with one attached hydrogen (secondary N) is 1. The first kappa shape index (κ1) is 16.2. The highest BCUT2D eigenvalue weighted by atomic mass is 16.5. The standard InChI is InChI=1S/C15H21NO4/c1-2-9-18-11-12-19-10-8-16-15(17)20-13-14-6-4-3-5-7-14/h2-7H,1,8-13H2,(H,16,17). The van der Waals surface area contributed by atoms with Crippen LogP contribution >= 0.6 is 0 Å². The molecule has 5 heteroatoms. The predicted molar refractivity (Wildman–Crippen MR) is 76.5 cm³/mol. The van der Waals surface area contributed by atoms with Crippen molar-refractivity contribution in [3.05, 3.63) is 48.6 Å². The van der Waals surface area contributed by atoms with Gasteiger partial charge in [-0.15, -0.1) is 6.58 Å². The summed E-state index contributed by atoms with van der Waals surface area (Å²) in [7, 11) is 0. The third-order valence-electron chi connectivity index (χ3n) is 2.34. The molecule has 0 bridgehead atoms. The van der Waals surface area contributed by atoms with Crippen LogP contribution in [0.1, 0.15) is 5.56 Å². The molecule has 20 heavy (non-hydrogen) atoms. The van der Waals surface area contributed by atoms with Crippen molar-refractivity contribution in [1.82, 2.24) is 5.32 Å². The molecule has 1 amide bonds. The lowest BCUT2D eigenvalue weighted by Crippen LogP contribution is -2.28. The Morgan fingerprint density at radius 2 is 1.90 bits per heavy atom. The molecule has 1 rings (SSSR count). The average Bonchev–Trinajstić information content (AvgIpc) is 2.49. The van der Waals surface area contributed by atoms with E-state index in [0.717, 1.165) is 5.56 Å². The van der Waals surface area contributed by atoms with Gasteiger partial charge in [0.2, 0.25) is 0 Å². The summed E-state index contributed by atoms with van der Waals surface area (Å²) >= 11 is 0. The van der Waals surface area contributed by atoms with Gasteiger partial charge in [0, 0.05) is 6.54 Å². The number of amides is 1. The topological polar surface area (TPSA) is 56.8 Å². The number of rotatable bonds is 10. The van der Waals surface area contributed by atoms with E-state index in [0.29, 0.717) is 33.0 Å². The fourth-order valence-corrected chi connectivity index (χ4v) is 1.39. The van der Waals surface area contributed by atoms with Crippen molar-refractivity contribution < 1.29 is 19.0 Å². The number of hydrogen-bond donors (Lipinski definition) is 1. The first-order chi connectivity index (χ1) is 9.83. The summed E-state index contributed by atoms with van der Waals surface area (Å²) < 4.78 is 15.5. The molecule has 0 aliphatic heterocycles. The molecule has 0 atom stereocenters. The summed E-state index contributed by atoms with van der Waals surface area (Å²) in [6.07, 6.45) is 1.24. The summed E-state index contributed by atoms with van der Waals surface area (Å²) in [4.78, 5) is 11.4. The van der Waals surface area contributed by atoms with E-state index in [9.17, 15) is 4.79 Å². The molecule has 1 aromatic rings. The van der Waals surface area contributed by atoms with Gasteiger partial charge in [0.15, 0.2) is 0 Å². The monoisotopic (exact) mass is 279 g/mol. The lowest BCUT2D eigenvalue weighted by atomic mass is 10.2. The molecular formula is C15H21NO4. The molecule has 0 spiro atoms. The number of benzene rings is 1. The second-order valence-corrected chi connectivity index (χ2v) is 3.96. The molecule has 0 heterocycles. The first-order valence-electron chi connectivity index (χ1n) is 6.54. The lowest BCUT2D eigenvalue weighted by Gasteiger charge is -2.07. The van der Waals surface area contributed by atoms with Crippen LogP contribution in [0.4, 0.5) is 4.79 Å². The third-order valence-corrected chi connectivity index (χ3v) is 2.34. The van der Waals surface area contributed by atoms with Crippen LogP contribution in [0.15, 0.2) is 43.0 Å². The Balaban J connectivity index is 1.94. The lowest BCUT2D eigenvalue weighted by molar-refractivity contribution is 0.0586. The summed E-state index contributed by atoms with van der Waals surface area (Å²) in [6, 6.07) is 9.52. The van der Waals surface area contributed by atoms with Crippen molar-refractivity contribution >= 4 is 6.09 Å². The Morgan fingerprint density at radius 1 is 1.15 bits per heavy atom. The van der Waals surface area contributed by atoms with E-state index in [2.05, 4.69) is 11.9 Å². The maximum absolute atomic E-state index is 11.4. The van der Waals surface area contributed by atoms with Gasteiger partial charge < -0.3 is 19.5 Å². The largest absolute Gasteiger partial charge is 0.445 e. The number of hydrogen-bond acceptors (Lipinski definition) is 4. The number of carbonyl (C=O) groups is 1. The van der Waals surface area contributed by atoms with Crippen molar-refractivity contribution in [2.24, 2.45) is 0 Å². The Bertz CT molecular complexity index is 381. The van der Waals surface area contributed by atoms with Crippen LogP contribution in [0.3, 0.4) is 0 Å². The highest BCUT2D eigenvalue weighted by Gasteiger charge is 2.01. The summed E-state index contributed by atoms with van der Waals surface area (Å²) in [5.41, 5.74) is 0.957. The van der Waals surface area contributed by atoms with Gasteiger partial charge in [-0.1, -0.05) is 36.4 Å². The second-order valence-electron chi connectivity index (χ2n) is 3.96. The highest BCUT2D eigenvalue weighted by Crippen LogP contribution is 2.00. The zero-order valence-electron chi connectivity index (χ0n) is 11.5. The maximum Gasteiger partial charge on any atom is 0.407 e. The Kier molecular flexibility index (Phi) is 8.93. The van der Waals surface area contributed by atoms with Crippen LogP contribution in [0, 0.1) is 0 Å². The third kappa shape index (κ3) is 8.29. The van der Waals surface area contributed by atoms with Gasteiger partial charge in [0.1, 0.15) is 6.61 Å². The van der Waals surface area contributed by atoms with E-state index in [1.165, 1.54) is 0 Å². The molecule has 5 nitrogen and oxygen atoms in total. The van der Waals surface area contributed by atoms with Crippen LogP contribution in [0.5, 0.6) is 0 Å². The molecule has 110 valence electrons. The molecule has 0 aliphatic rings. The van der Waals surface area contributed by atoms with Gasteiger partial charge >= 0.3 is 6.09 Å². The van der Waals surface area contributed by atoms with Crippen LogP contribution < -0.4 is 5.32 Å². The number of alkyl carbamates (subject to hydrolysis) is 1. The molecule has 1 aromatic carbocycles. The van der Waals surface area contributed by atoms with Crippen LogP contribution in [-0.2, 0) is 20.8 Å². The Hall–Kier alpha value is -1.85. The van der Waals surface area contributed by atoms with E-state index in [-0.39, 0.29) is 6.61 Å². The van der Waals surface area contributed by atoms with Gasteiger partial charge in [-0.3, -0.25) is 0 Å². The van der Waals surface area contributed by atoms with E-state index >= 15 is 0 Å². The molecular weight excluding hydrogens is 258 g/mol. The Morgan fingerprint density at radius 3 is 2.65 bits per heavy atom. The van der Waals surface area contributed by atoms with Crippen molar-refractivity contribution in [1.29, 1.82) is 0 Å². The minimum Gasteiger partial charge on any atom is -0.445 e. The molecule has 1 N–H and O–H groups in total. The SMILES string of the molecule is C=CCOCCOCCNC(=O)OCc1ccccc1. The predicted octanol–water partition coefficient (Wildman–Crippen LogP) is 2.13. The van der Waals surface area contributed by atoms with E-state index < -0.39 is 6.09 Å². The fraction of sp³-hybridized carbons (Fsp3) is 0.400. The van der Waals surface area contributed by atoms with Crippen LogP contribution in [0.25, 0.3) is 0 Å². The van der Waals surface area contributed by atoms with Crippen molar-refractivity contribution in [2.75, 3.05) is 33.0 Å². The van der Waals surface area contributed by atoms with E-state index in [4.69, 9.17) is 14.2 Å². The molecule has 0 saturated heterocycles. The minimum absolute atomic E-state index is 0.267. The molecule has 0 radical (unpaired) electrons. The number of carbonyl (C=O) groups excluding carboxylic acids is 1. The summed E-state index contributed by atoms with van der Waals surface area (Å²) in [5, 5.41) is 2.61. The van der Waals surface area contributed by atoms with Crippen LogP contribution in [0.2, 0.25) is 0 Å². The molecule has 0 aromatic heterocycles. The summed E-state index contributed by atoms with van der Waals surface area (Å²) in [6.45, 7) is 6.18. The zero-order chi connectivity index (χ0) is 14.5. The van der Waals surface area contributed by atoms with Gasteiger partial charge in [0.25, 0.3) is 0 Å². The van der Waals surface area contributed by atoms with E-state index in [1.54, 1.807) is 6.08 Å². The molecule has 0 saturated carbocycles. The maximum atomic E-state index is 11.4. The zero-order valence-corrected chi connectivity index (χ0v) is 11.5. The minimum atomic E-state index is -0.444. The normalized spacial score (nSPS) is 10.0. The second kappa shape index (κ2) is 11.0. The van der Waals surface area contributed by atoms with Crippen molar-refractivity contribution in [2.45, 2.75) is 6.61 Å². The van der Waals surface area contributed by atoms with Crippen molar-refractivity contribution in [3.8, 4) is 0 Å². The van der Waals surface area contributed by atoms with Crippen molar-refractivity contribution in [3.63, 3.8) is 0 Å². The average molecular weight is 279 g/mol. The Labute approximate surface area is 119 Å². The van der Waals surface area contributed by atoms with Gasteiger partial charge in [0.05, 0.1) is 26.4 Å². The quantitative estimate of drug-likeness (QED) is 0.526. The van der Waals surface area contributed by atoms with Crippen LogP contribution in [-0.4, -0.2) is 39.1 Å². The highest BCUT2D eigenvalue weighted by molar-refractivity contribution is 5.67. The number of ether oxygens (including phenoxy) is 3. The van der Waals surface area contributed by atoms with Gasteiger partial charge in [-0.2, -0.15) is 0 Å². The van der Waals surface area contributed by atoms with Gasteiger partial charge in [-0.25, -0.2) is 4.79 Å². The fourth-order valence-electron chi connectivity index (χ4n) is 1.39. The smallest absolute Gasteiger partial charge is 0.407 e. The molecule has 0 fully saturated rings. The summed E-state index contributed by atoms with van der Waals surface area (Å²) in [5.74, 6) is 0. The van der Waals surface area contributed by atoms with E-state index in [1.807, 2.05) is 30.3 Å². The molecule has 0 unspecified atom stereocenters.